The van der Waals surface area contributed by atoms with Gasteiger partial charge < -0.3 is 4.74 Å². The maximum absolute atomic E-state index is 11.2. The predicted octanol–water partition coefficient (Wildman–Crippen LogP) is 3.62. The molecule has 3 rings (SSSR count). The molecule has 0 saturated heterocycles. The number of benzene rings is 1. The lowest BCUT2D eigenvalue weighted by atomic mass is 10.2. The lowest BCUT2D eigenvalue weighted by Gasteiger charge is -2.06. The molecular formula is C16H12N2O2. The van der Waals surface area contributed by atoms with Crippen molar-refractivity contribution in [2.75, 3.05) is 0 Å². The second kappa shape index (κ2) is 5.09. The Balaban J connectivity index is 1.87. The van der Waals surface area contributed by atoms with Gasteiger partial charge in [-0.2, -0.15) is 0 Å². The zero-order valence-corrected chi connectivity index (χ0v) is 10.9. The number of fused-ring (bicyclic) bond motifs is 1. The third-order valence-corrected chi connectivity index (χ3v) is 2.94. The van der Waals surface area contributed by atoms with Crippen LogP contribution in [-0.4, -0.2) is 15.8 Å². The third-order valence-electron chi connectivity index (χ3n) is 2.94. The number of hydrogen-bond acceptors (Lipinski definition) is 4. The van der Waals surface area contributed by atoms with Crippen LogP contribution in [0, 0.1) is 0 Å². The summed E-state index contributed by atoms with van der Waals surface area (Å²) < 4.78 is 5.66. The van der Waals surface area contributed by atoms with Gasteiger partial charge in [-0.1, -0.05) is 6.07 Å². The van der Waals surface area contributed by atoms with Gasteiger partial charge in [0, 0.05) is 35.5 Å². The summed E-state index contributed by atoms with van der Waals surface area (Å²) in [6, 6.07) is 12.9. The standard InChI is InChI=1S/C16H12N2O2/c1-11(19)13-5-7-16(18-10-13)20-14-6-4-12-3-2-8-17-15(12)9-14/h2-10H,1H3. The summed E-state index contributed by atoms with van der Waals surface area (Å²) in [5.74, 6) is 1.10. The SMILES string of the molecule is CC(=O)c1ccc(Oc2ccc3cccnc3c2)nc1. The largest absolute Gasteiger partial charge is 0.439 e. The first-order valence-electron chi connectivity index (χ1n) is 6.22. The molecule has 98 valence electrons. The highest BCUT2D eigenvalue weighted by molar-refractivity contribution is 5.93. The maximum atomic E-state index is 11.2. The van der Waals surface area contributed by atoms with Gasteiger partial charge in [0.15, 0.2) is 5.78 Å². The molecule has 0 saturated carbocycles. The van der Waals surface area contributed by atoms with Crippen LogP contribution in [0.1, 0.15) is 17.3 Å². The van der Waals surface area contributed by atoms with Gasteiger partial charge in [-0.15, -0.1) is 0 Å². The number of ether oxygens (including phenoxy) is 1. The Morgan fingerprint density at radius 2 is 2.00 bits per heavy atom. The van der Waals surface area contributed by atoms with Crippen LogP contribution in [0.15, 0.2) is 54.9 Å². The van der Waals surface area contributed by atoms with Crippen LogP contribution in [0.2, 0.25) is 0 Å². The first-order valence-corrected chi connectivity index (χ1v) is 6.22. The Bertz CT molecular complexity index is 767. The first-order chi connectivity index (χ1) is 9.72. The topological polar surface area (TPSA) is 52.1 Å². The highest BCUT2D eigenvalue weighted by Crippen LogP contribution is 2.23. The van der Waals surface area contributed by atoms with Gasteiger partial charge in [0.05, 0.1) is 5.52 Å². The fourth-order valence-electron chi connectivity index (χ4n) is 1.88. The van der Waals surface area contributed by atoms with Gasteiger partial charge in [-0.05, 0) is 31.2 Å². The molecule has 3 aromatic rings. The molecule has 0 unspecified atom stereocenters. The Kier molecular flexibility index (Phi) is 3.13. The number of Topliss-reactive ketones (excluding diaryl/α,β-unsaturated/α-hetero) is 1. The van der Waals surface area contributed by atoms with E-state index in [1.54, 1.807) is 18.3 Å². The minimum Gasteiger partial charge on any atom is -0.439 e. The molecule has 4 nitrogen and oxygen atoms in total. The molecule has 0 fully saturated rings. The molecule has 0 aliphatic heterocycles. The molecule has 1 aromatic carbocycles. The van der Waals surface area contributed by atoms with Crippen molar-refractivity contribution in [2.45, 2.75) is 6.92 Å². The fourth-order valence-corrected chi connectivity index (χ4v) is 1.88. The van der Waals surface area contributed by atoms with Crippen molar-refractivity contribution in [1.29, 1.82) is 0 Å². The third kappa shape index (κ3) is 2.49. The van der Waals surface area contributed by atoms with Crippen molar-refractivity contribution in [2.24, 2.45) is 0 Å². The number of aromatic nitrogens is 2. The average Bonchev–Trinajstić information content (AvgIpc) is 2.48. The molecule has 0 aliphatic carbocycles. The highest BCUT2D eigenvalue weighted by Gasteiger charge is 2.03. The van der Waals surface area contributed by atoms with Crippen molar-refractivity contribution in [3.8, 4) is 11.6 Å². The van der Waals surface area contributed by atoms with Crippen LogP contribution in [0.25, 0.3) is 10.9 Å². The molecule has 0 amide bonds. The van der Waals surface area contributed by atoms with E-state index < -0.39 is 0 Å². The summed E-state index contributed by atoms with van der Waals surface area (Å²) in [7, 11) is 0. The molecule has 0 radical (unpaired) electrons. The van der Waals surface area contributed by atoms with E-state index in [0.29, 0.717) is 17.2 Å². The van der Waals surface area contributed by atoms with E-state index >= 15 is 0 Å². The van der Waals surface area contributed by atoms with E-state index in [9.17, 15) is 4.79 Å². The van der Waals surface area contributed by atoms with Crippen molar-refractivity contribution in [1.82, 2.24) is 9.97 Å². The van der Waals surface area contributed by atoms with Gasteiger partial charge in [0.25, 0.3) is 0 Å². The van der Waals surface area contributed by atoms with E-state index in [-0.39, 0.29) is 5.78 Å². The molecule has 0 N–H and O–H groups in total. The van der Waals surface area contributed by atoms with Gasteiger partial charge >= 0.3 is 0 Å². The number of ketones is 1. The van der Waals surface area contributed by atoms with Crippen LogP contribution in [0.5, 0.6) is 11.6 Å². The summed E-state index contributed by atoms with van der Waals surface area (Å²) in [4.78, 5) is 19.6. The molecule has 20 heavy (non-hydrogen) atoms. The van der Waals surface area contributed by atoms with E-state index in [0.717, 1.165) is 10.9 Å². The Morgan fingerprint density at radius 3 is 2.75 bits per heavy atom. The Morgan fingerprint density at radius 1 is 1.10 bits per heavy atom. The second-order valence-electron chi connectivity index (χ2n) is 4.40. The van der Waals surface area contributed by atoms with E-state index in [4.69, 9.17) is 4.74 Å². The Labute approximate surface area is 116 Å². The average molecular weight is 264 g/mol. The minimum absolute atomic E-state index is 0.0149. The summed E-state index contributed by atoms with van der Waals surface area (Å²) in [6.07, 6.45) is 3.25. The molecule has 0 aliphatic rings. The monoisotopic (exact) mass is 264 g/mol. The number of carbonyl (C=O) groups excluding carboxylic acids is 1. The molecule has 0 spiro atoms. The number of carbonyl (C=O) groups is 1. The van der Waals surface area contributed by atoms with Crippen LogP contribution >= 0.6 is 0 Å². The molecule has 2 heterocycles. The summed E-state index contributed by atoms with van der Waals surface area (Å²) in [5, 5.41) is 1.06. The second-order valence-corrected chi connectivity index (χ2v) is 4.40. The maximum Gasteiger partial charge on any atom is 0.219 e. The zero-order chi connectivity index (χ0) is 13.9. The van der Waals surface area contributed by atoms with E-state index in [1.807, 2.05) is 30.3 Å². The van der Waals surface area contributed by atoms with Gasteiger partial charge in [-0.3, -0.25) is 9.78 Å². The highest BCUT2D eigenvalue weighted by atomic mass is 16.5. The number of hydrogen-bond donors (Lipinski definition) is 0. The van der Waals surface area contributed by atoms with Crippen LogP contribution in [0.3, 0.4) is 0 Å². The van der Waals surface area contributed by atoms with Crippen molar-refractivity contribution in [3.63, 3.8) is 0 Å². The quantitative estimate of drug-likeness (QED) is 0.678. The van der Waals surface area contributed by atoms with Gasteiger partial charge in [0.1, 0.15) is 5.75 Å². The first kappa shape index (κ1) is 12.3. The van der Waals surface area contributed by atoms with Gasteiger partial charge in [-0.25, -0.2) is 4.98 Å². The fraction of sp³-hybridized carbons (Fsp3) is 0.0625. The van der Waals surface area contributed by atoms with Crippen molar-refractivity contribution < 1.29 is 9.53 Å². The molecule has 0 atom stereocenters. The van der Waals surface area contributed by atoms with E-state index in [1.165, 1.54) is 13.1 Å². The molecule has 4 heteroatoms. The minimum atomic E-state index is -0.0149. The number of rotatable bonds is 3. The Hall–Kier alpha value is -2.75. The zero-order valence-electron chi connectivity index (χ0n) is 10.9. The van der Waals surface area contributed by atoms with E-state index in [2.05, 4.69) is 9.97 Å². The lowest BCUT2D eigenvalue weighted by Crippen LogP contribution is -1.94. The summed E-state index contributed by atoms with van der Waals surface area (Å²) in [5.41, 5.74) is 1.43. The smallest absolute Gasteiger partial charge is 0.219 e. The summed E-state index contributed by atoms with van der Waals surface area (Å²) in [6.45, 7) is 1.51. The van der Waals surface area contributed by atoms with Crippen LogP contribution in [0.4, 0.5) is 0 Å². The lowest BCUT2D eigenvalue weighted by molar-refractivity contribution is 0.101. The molecule has 2 aromatic heterocycles. The molecular weight excluding hydrogens is 252 g/mol. The number of nitrogens with zero attached hydrogens (tertiary/aromatic N) is 2. The number of pyridine rings is 2. The summed E-state index contributed by atoms with van der Waals surface area (Å²) >= 11 is 0. The predicted molar refractivity (Wildman–Crippen MR) is 76.1 cm³/mol. The van der Waals surface area contributed by atoms with Gasteiger partial charge in [0.2, 0.25) is 5.88 Å². The normalized spacial score (nSPS) is 10.4. The molecule has 0 bridgehead atoms. The van der Waals surface area contributed by atoms with Crippen LogP contribution < -0.4 is 4.74 Å². The van der Waals surface area contributed by atoms with Crippen LogP contribution in [-0.2, 0) is 0 Å². The van der Waals surface area contributed by atoms with Crippen molar-refractivity contribution >= 4 is 16.7 Å². The van der Waals surface area contributed by atoms with Crippen molar-refractivity contribution in [3.05, 3.63) is 60.4 Å².